The summed E-state index contributed by atoms with van der Waals surface area (Å²) in [6, 6.07) is 13.3. The van der Waals surface area contributed by atoms with E-state index in [1.165, 1.54) is 12.1 Å². The first-order chi connectivity index (χ1) is 12.6. The third-order valence-electron chi connectivity index (χ3n) is 4.33. The summed E-state index contributed by atoms with van der Waals surface area (Å²) in [5.74, 6) is -0.378. The first-order valence-corrected chi connectivity index (χ1v) is 8.63. The summed E-state index contributed by atoms with van der Waals surface area (Å²) in [6.45, 7) is 3.01. The Hall–Kier alpha value is -2.89. The molecular weight excluding hydrogens is 335 g/mol. The van der Waals surface area contributed by atoms with Crippen molar-refractivity contribution in [2.45, 2.75) is 19.9 Å². The van der Waals surface area contributed by atoms with E-state index in [9.17, 15) is 14.0 Å². The number of hydrogen-bond acceptors (Lipinski definition) is 3. The second-order valence-corrected chi connectivity index (χ2v) is 6.15. The van der Waals surface area contributed by atoms with E-state index in [0.29, 0.717) is 31.1 Å². The van der Waals surface area contributed by atoms with Crippen LogP contribution < -0.4 is 15.0 Å². The lowest BCUT2D eigenvalue weighted by molar-refractivity contribution is -0.126. The van der Waals surface area contributed by atoms with E-state index in [1.54, 1.807) is 17.0 Å². The van der Waals surface area contributed by atoms with E-state index in [-0.39, 0.29) is 24.1 Å². The quantitative estimate of drug-likeness (QED) is 0.866. The average Bonchev–Trinajstić information content (AvgIpc) is 3.03. The predicted molar refractivity (Wildman–Crippen MR) is 96.3 cm³/mol. The second-order valence-electron chi connectivity index (χ2n) is 6.15. The molecule has 0 radical (unpaired) electrons. The standard InChI is InChI=1S/C20H21FN2O3/c1-2-26-18-6-4-3-5-17(18)23-13-15(11-19(23)24)20(25)22-12-14-7-9-16(21)10-8-14/h3-10,15H,2,11-13H2,1H3,(H,22,25)/t15-/m0/s1. The van der Waals surface area contributed by atoms with Crippen LogP contribution in [0.4, 0.5) is 10.1 Å². The Balaban J connectivity index is 1.64. The lowest BCUT2D eigenvalue weighted by Gasteiger charge is -2.20. The Morgan fingerprint density at radius 1 is 1.23 bits per heavy atom. The zero-order chi connectivity index (χ0) is 18.5. The molecule has 0 bridgehead atoms. The highest BCUT2D eigenvalue weighted by Crippen LogP contribution is 2.33. The van der Waals surface area contributed by atoms with Gasteiger partial charge in [-0.1, -0.05) is 24.3 Å². The number of anilines is 1. The predicted octanol–water partition coefficient (Wildman–Crippen LogP) is 2.89. The Morgan fingerprint density at radius 2 is 1.96 bits per heavy atom. The largest absolute Gasteiger partial charge is 0.492 e. The van der Waals surface area contributed by atoms with Crippen LogP contribution in [0.1, 0.15) is 18.9 Å². The zero-order valence-electron chi connectivity index (χ0n) is 14.6. The molecule has 0 spiro atoms. The molecule has 2 amide bonds. The maximum Gasteiger partial charge on any atom is 0.227 e. The zero-order valence-corrected chi connectivity index (χ0v) is 14.6. The number of nitrogens with zero attached hydrogens (tertiary/aromatic N) is 1. The highest BCUT2D eigenvalue weighted by molar-refractivity contribution is 6.01. The van der Waals surface area contributed by atoms with Crippen LogP contribution in [-0.2, 0) is 16.1 Å². The molecule has 0 aromatic heterocycles. The minimum Gasteiger partial charge on any atom is -0.492 e. The number of carbonyl (C=O) groups is 2. The van der Waals surface area contributed by atoms with Gasteiger partial charge in [-0.2, -0.15) is 0 Å². The number of para-hydroxylation sites is 2. The monoisotopic (exact) mass is 356 g/mol. The molecular formula is C20H21FN2O3. The van der Waals surface area contributed by atoms with Crippen molar-refractivity contribution in [3.63, 3.8) is 0 Å². The van der Waals surface area contributed by atoms with Crippen molar-refractivity contribution in [3.05, 3.63) is 59.9 Å². The maximum absolute atomic E-state index is 12.9. The van der Waals surface area contributed by atoms with Gasteiger partial charge < -0.3 is 15.0 Å². The number of rotatable bonds is 6. The number of nitrogens with one attached hydrogen (secondary N) is 1. The normalized spacial score (nSPS) is 16.6. The first kappa shape index (κ1) is 17.9. The van der Waals surface area contributed by atoms with Crippen molar-refractivity contribution in [2.24, 2.45) is 5.92 Å². The minimum atomic E-state index is -0.419. The molecule has 1 atom stereocenters. The molecule has 0 saturated carbocycles. The van der Waals surface area contributed by atoms with Gasteiger partial charge in [0.1, 0.15) is 11.6 Å². The smallest absolute Gasteiger partial charge is 0.227 e. The Kier molecular flexibility index (Phi) is 5.51. The van der Waals surface area contributed by atoms with Crippen LogP contribution in [0, 0.1) is 11.7 Å². The van der Waals surface area contributed by atoms with E-state index in [4.69, 9.17) is 4.74 Å². The van der Waals surface area contributed by atoms with Crippen LogP contribution in [0.3, 0.4) is 0 Å². The molecule has 136 valence electrons. The van der Waals surface area contributed by atoms with Crippen molar-refractivity contribution in [1.82, 2.24) is 5.32 Å². The van der Waals surface area contributed by atoms with Gasteiger partial charge in [-0.05, 0) is 36.8 Å². The Bertz CT molecular complexity index is 792. The Morgan fingerprint density at radius 3 is 2.69 bits per heavy atom. The van der Waals surface area contributed by atoms with Crippen LogP contribution in [0.15, 0.2) is 48.5 Å². The molecule has 1 aliphatic heterocycles. The molecule has 3 rings (SSSR count). The van der Waals surface area contributed by atoms with Crippen LogP contribution in [0.25, 0.3) is 0 Å². The average molecular weight is 356 g/mol. The fourth-order valence-corrected chi connectivity index (χ4v) is 3.01. The molecule has 2 aromatic rings. The summed E-state index contributed by atoms with van der Waals surface area (Å²) in [5, 5.41) is 2.82. The van der Waals surface area contributed by atoms with Crippen LogP contribution >= 0.6 is 0 Å². The third kappa shape index (κ3) is 4.02. The molecule has 0 unspecified atom stereocenters. The number of halogens is 1. The molecule has 0 aliphatic carbocycles. The number of hydrogen-bond donors (Lipinski definition) is 1. The second kappa shape index (κ2) is 7.99. The highest BCUT2D eigenvalue weighted by Gasteiger charge is 2.36. The molecule has 6 heteroatoms. The van der Waals surface area contributed by atoms with Gasteiger partial charge >= 0.3 is 0 Å². The van der Waals surface area contributed by atoms with E-state index < -0.39 is 5.92 Å². The van der Waals surface area contributed by atoms with Gasteiger partial charge in [0.25, 0.3) is 0 Å². The number of ether oxygens (including phenoxy) is 1. The minimum absolute atomic E-state index is 0.0981. The Labute approximate surface area is 151 Å². The number of benzene rings is 2. The van der Waals surface area contributed by atoms with Crippen LogP contribution in [-0.4, -0.2) is 25.0 Å². The van der Waals surface area contributed by atoms with Crippen molar-refractivity contribution >= 4 is 17.5 Å². The lowest BCUT2D eigenvalue weighted by atomic mass is 10.1. The van der Waals surface area contributed by atoms with Crippen molar-refractivity contribution in [2.75, 3.05) is 18.1 Å². The van der Waals surface area contributed by atoms with Gasteiger partial charge in [0, 0.05) is 19.5 Å². The van der Waals surface area contributed by atoms with Crippen molar-refractivity contribution in [3.8, 4) is 5.75 Å². The summed E-state index contributed by atoms with van der Waals surface area (Å²) < 4.78 is 18.5. The molecule has 1 saturated heterocycles. The van der Waals surface area contributed by atoms with Crippen LogP contribution in [0.5, 0.6) is 5.75 Å². The van der Waals surface area contributed by atoms with Gasteiger partial charge in [-0.25, -0.2) is 4.39 Å². The molecule has 1 N–H and O–H groups in total. The van der Waals surface area contributed by atoms with Crippen LogP contribution in [0.2, 0.25) is 0 Å². The number of carbonyl (C=O) groups excluding carboxylic acids is 2. The fourth-order valence-electron chi connectivity index (χ4n) is 3.01. The summed E-state index contributed by atoms with van der Waals surface area (Å²) in [5.41, 5.74) is 1.50. The van der Waals surface area contributed by atoms with Gasteiger partial charge in [-0.15, -0.1) is 0 Å². The SMILES string of the molecule is CCOc1ccccc1N1C[C@@H](C(=O)NCc2ccc(F)cc2)CC1=O. The van der Waals surface area contributed by atoms with E-state index in [0.717, 1.165) is 5.56 Å². The number of amides is 2. The van der Waals surface area contributed by atoms with Gasteiger partial charge in [0.2, 0.25) is 11.8 Å². The highest BCUT2D eigenvalue weighted by atomic mass is 19.1. The summed E-state index contributed by atoms with van der Waals surface area (Å²) >= 11 is 0. The molecule has 5 nitrogen and oxygen atoms in total. The van der Waals surface area contributed by atoms with Crippen molar-refractivity contribution < 1.29 is 18.7 Å². The summed E-state index contributed by atoms with van der Waals surface area (Å²) in [6.07, 6.45) is 0.162. The van der Waals surface area contributed by atoms with E-state index >= 15 is 0 Å². The first-order valence-electron chi connectivity index (χ1n) is 8.63. The fraction of sp³-hybridized carbons (Fsp3) is 0.300. The van der Waals surface area contributed by atoms with Gasteiger partial charge in [-0.3, -0.25) is 9.59 Å². The maximum atomic E-state index is 12.9. The molecule has 2 aromatic carbocycles. The summed E-state index contributed by atoms with van der Waals surface area (Å²) in [4.78, 5) is 26.4. The van der Waals surface area contributed by atoms with E-state index in [1.807, 2.05) is 31.2 Å². The lowest BCUT2D eigenvalue weighted by Crippen LogP contribution is -2.32. The van der Waals surface area contributed by atoms with Gasteiger partial charge in [0.05, 0.1) is 18.2 Å². The van der Waals surface area contributed by atoms with Crippen molar-refractivity contribution in [1.29, 1.82) is 0 Å². The van der Waals surface area contributed by atoms with E-state index in [2.05, 4.69) is 5.32 Å². The molecule has 1 fully saturated rings. The molecule has 1 aliphatic rings. The van der Waals surface area contributed by atoms with Gasteiger partial charge in [0.15, 0.2) is 0 Å². The third-order valence-corrected chi connectivity index (χ3v) is 4.33. The topological polar surface area (TPSA) is 58.6 Å². The summed E-state index contributed by atoms with van der Waals surface area (Å²) in [7, 11) is 0. The molecule has 1 heterocycles. The molecule has 26 heavy (non-hydrogen) atoms.